The molecule has 0 saturated heterocycles. The number of nitrogens with zero attached hydrogens (tertiary/aromatic N) is 1. The maximum absolute atomic E-state index is 11.9. The molecule has 0 unspecified atom stereocenters. The summed E-state index contributed by atoms with van der Waals surface area (Å²) in [6.45, 7) is 1.87. The summed E-state index contributed by atoms with van der Waals surface area (Å²) < 4.78 is 0. The van der Waals surface area contributed by atoms with Crippen LogP contribution in [0.4, 0.5) is 0 Å². The fraction of sp³-hybridized carbons (Fsp3) is 0.231. The number of H-pyrrole nitrogens is 1. The second-order valence-electron chi connectivity index (χ2n) is 4.41. The predicted octanol–water partition coefficient (Wildman–Crippen LogP) is 3.73. The molecule has 0 saturated carbocycles. The van der Waals surface area contributed by atoms with Crippen LogP contribution in [-0.2, 0) is 6.42 Å². The first-order valence-electron chi connectivity index (χ1n) is 5.90. The van der Waals surface area contributed by atoms with Gasteiger partial charge in [-0.3, -0.25) is 9.89 Å². The Morgan fingerprint density at radius 3 is 2.55 bits per heavy atom. The van der Waals surface area contributed by atoms with Gasteiger partial charge < -0.3 is 5.32 Å². The molecule has 0 aliphatic heterocycles. The lowest BCUT2D eigenvalue weighted by Gasteiger charge is -2.15. The number of aromatic amines is 1. The van der Waals surface area contributed by atoms with Gasteiger partial charge in [0.1, 0.15) is 0 Å². The molecule has 2 N–H and O–H groups in total. The number of aromatic nitrogens is 2. The maximum atomic E-state index is 11.9. The molecule has 0 aliphatic rings. The third kappa shape index (κ3) is 3.66. The van der Waals surface area contributed by atoms with E-state index in [1.165, 1.54) is 12.4 Å². The van der Waals surface area contributed by atoms with Crippen LogP contribution in [-0.4, -0.2) is 22.1 Å². The molecule has 0 radical (unpaired) electrons. The molecule has 1 atom stereocenters. The number of hydrogen-bond donors (Lipinski definition) is 2. The van der Waals surface area contributed by atoms with Crippen LogP contribution in [0.15, 0.2) is 24.5 Å². The maximum Gasteiger partial charge on any atom is 0.254 e. The van der Waals surface area contributed by atoms with E-state index < -0.39 is 0 Å². The summed E-state index contributed by atoms with van der Waals surface area (Å²) in [7, 11) is 0. The minimum atomic E-state index is -0.201. The molecule has 1 heterocycles. The fourth-order valence-electron chi connectivity index (χ4n) is 1.81. The molecule has 0 fully saturated rings. The number of benzene rings is 1. The molecular formula is C13H12Cl3N3O. The number of nitrogens with one attached hydrogen (secondary N) is 2. The van der Waals surface area contributed by atoms with E-state index in [0.29, 0.717) is 27.1 Å². The van der Waals surface area contributed by atoms with Crippen LogP contribution in [0.1, 0.15) is 22.8 Å². The molecule has 1 amide bonds. The summed E-state index contributed by atoms with van der Waals surface area (Å²) in [4.78, 5) is 11.9. The average molecular weight is 333 g/mol. The Bertz CT molecular complexity index is 590. The number of halogens is 3. The highest BCUT2D eigenvalue weighted by molar-refractivity contribution is 6.39. The zero-order valence-corrected chi connectivity index (χ0v) is 12.9. The van der Waals surface area contributed by atoms with Crippen LogP contribution in [0.5, 0.6) is 0 Å². The van der Waals surface area contributed by atoms with E-state index >= 15 is 0 Å². The van der Waals surface area contributed by atoms with Crippen LogP contribution in [0, 0.1) is 0 Å². The van der Waals surface area contributed by atoms with Crippen molar-refractivity contribution in [3.05, 3.63) is 50.7 Å². The minimum absolute atomic E-state index is 0.131. The number of amides is 1. The summed E-state index contributed by atoms with van der Waals surface area (Å²) in [6, 6.07) is 3.14. The second-order valence-corrected chi connectivity index (χ2v) is 5.66. The SMILES string of the molecule is C[C@H](Cc1c(Cl)cc(Cl)cc1Cl)NC(=O)c1cn[nH]c1. The van der Waals surface area contributed by atoms with Crippen LogP contribution >= 0.6 is 34.8 Å². The molecule has 20 heavy (non-hydrogen) atoms. The minimum Gasteiger partial charge on any atom is -0.349 e. The highest BCUT2D eigenvalue weighted by Crippen LogP contribution is 2.29. The molecular weight excluding hydrogens is 321 g/mol. The van der Waals surface area contributed by atoms with Gasteiger partial charge in [-0.1, -0.05) is 34.8 Å². The van der Waals surface area contributed by atoms with E-state index in [1.54, 1.807) is 12.1 Å². The standard InChI is InChI=1S/C13H12Cl3N3O/c1-7(19-13(20)8-5-17-18-6-8)2-10-11(15)3-9(14)4-12(10)16/h3-7H,2H2,1H3,(H,17,18)(H,19,20)/t7-/m1/s1. The van der Waals surface area contributed by atoms with Gasteiger partial charge in [0.25, 0.3) is 5.91 Å². The van der Waals surface area contributed by atoms with Gasteiger partial charge in [-0.2, -0.15) is 5.10 Å². The molecule has 1 aromatic carbocycles. The first-order chi connectivity index (χ1) is 9.47. The Kier molecular flexibility index (Phi) is 4.91. The number of carbonyl (C=O) groups is 1. The first-order valence-corrected chi connectivity index (χ1v) is 7.04. The topological polar surface area (TPSA) is 57.8 Å². The van der Waals surface area contributed by atoms with Crippen molar-refractivity contribution < 1.29 is 4.79 Å². The molecule has 2 aromatic rings. The van der Waals surface area contributed by atoms with Crippen molar-refractivity contribution in [2.45, 2.75) is 19.4 Å². The predicted molar refractivity (Wildman–Crippen MR) is 80.7 cm³/mol. The molecule has 7 heteroatoms. The first kappa shape index (κ1) is 15.2. The van der Waals surface area contributed by atoms with Gasteiger partial charge in [0.2, 0.25) is 0 Å². The molecule has 1 aromatic heterocycles. The Balaban J connectivity index is 2.05. The summed E-state index contributed by atoms with van der Waals surface area (Å²) in [6.07, 6.45) is 3.51. The van der Waals surface area contributed by atoms with Crippen molar-refractivity contribution in [1.82, 2.24) is 15.5 Å². The molecule has 0 bridgehead atoms. The van der Waals surface area contributed by atoms with Crippen molar-refractivity contribution in [2.75, 3.05) is 0 Å². The van der Waals surface area contributed by atoms with Crippen molar-refractivity contribution in [3.63, 3.8) is 0 Å². The lowest BCUT2D eigenvalue weighted by atomic mass is 10.1. The van der Waals surface area contributed by atoms with E-state index in [2.05, 4.69) is 15.5 Å². The van der Waals surface area contributed by atoms with E-state index in [0.717, 1.165) is 5.56 Å². The number of carbonyl (C=O) groups excluding carboxylic acids is 1. The third-order valence-corrected chi connectivity index (χ3v) is 3.65. The van der Waals surface area contributed by atoms with Gasteiger partial charge in [-0.25, -0.2) is 0 Å². The highest BCUT2D eigenvalue weighted by atomic mass is 35.5. The summed E-state index contributed by atoms with van der Waals surface area (Å²) >= 11 is 18.1. The largest absolute Gasteiger partial charge is 0.349 e. The second kappa shape index (κ2) is 6.48. The molecule has 0 aliphatic carbocycles. The lowest BCUT2D eigenvalue weighted by molar-refractivity contribution is 0.0940. The van der Waals surface area contributed by atoms with Gasteiger partial charge in [-0.05, 0) is 31.0 Å². The fourth-order valence-corrected chi connectivity index (χ4v) is 2.78. The van der Waals surface area contributed by atoms with E-state index in [4.69, 9.17) is 34.8 Å². The van der Waals surface area contributed by atoms with Gasteiger partial charge in [-0.15, -0.1) is 0 Å². The quantitative estimate of drug-likeness (QED) is 0.896. The van der Waals surface area contributed by atoms with E-state index in [1.807, 2.05) is 6.92 Å². The molecule has 106 valence electrons. The van der Waals surface area contributed by atoms with Crippen molar-refractivity contribution in [3.8, 4) is 0 Å². The monoisotopic (exact) mass is 331 g/mol. The Morgan fingerprint density at radius 2 is 2.00 bits per heavy atom. The van der Waals surface area contributed by atoms with Crippen LogP contribution in [0.2, 0.25) is 15.1 Å². The highest BCUT2D eigenvalue weighted by Gasteiger charge is 2.15. The van der Waals surface area contributed by atoms with Crippen LogP contribution in [0.25, 0.3) is 0 Å². The molecule has 4 nitrogen and oxygen atoms in total. The van der Waals surface area contributed by atoms with Crippen molar-refractivity contribution >= 4 is 40.7 Å². The van der Waals surface area contributed by atoms with Gasteiger partial charge in [0, 0.05) is 27.3 Å². The van der Waals surface area contributed by atoms with E-state index in [9.17, 15) is 4.79 Å². The van der Waals surface area contributed by atoms with Crippen LogP contribution in [0.3, 0.4) is 0 Å². The summed E-state index contributed by atoms with van der Waals surface area (Å²) in [5, 5.41) is 10.6. The Labute approximate surface area is 131 Å². The van der Waals surface area contributed by atoms with E-state index in [-0.39, 0.29) is 11.9 Å². The van der Waals surface area contributed by atoms with Gasteiger partial charge in [0.15, 0.2) is 0 Å². The Morgan fingerprint density at radius 1 is 1.35 bits per heavy atom. The zero-order chi connectivity index (χ0) is 14.7. The smallest absolute Gasteiger partial charge is 0.254 e. The zero-order valence-electron chi connectivity index (χ0n) is 10.6. The van der Waals surface area contributed by atoms with Crippen LogP contribution < -0.4 is 5.32 Å². The molecule has 0 spiro atoms. The lowest BCUT2D eigenvalue weighted by Crippen LogP contribution is -2.34. The normalized spacial score (nSPS) is 12.2. The number of rotatable bonds is 4. The Hall–Kier alpha value is -1.23. The van der Waals surface area contributed by atoms with Crippen molar-refractivity contribution in [1.29, 1.82) is 0 Å². The van der Waals surface area contributed by atoms with Gasteiger partial charge >= 0.3 is 0 Å². The average Bonchev–Trinajstić information content (AvgIpc) is 2.87. The summed E-state index contributed by atoms with van der Waals surface area (Å²) in [5.74, 6) is -0.201. The molecule has 2 rings (SSSR count). The number of hydrogen-bond acceptors (Lipinski definition) is 2. The third-order valence-electron chi connectivity index (χ3n) is 2.75. The summed E-state index contributed by atoms with van der Waals surface area (Å²) in [5.41, 5.74) is 1.24. The van der Waals surface area contributed by atoms with Gasteiger partial charge in [0.05, 0.1) is 11.8 Å². The van der Waals surface area contributed by atoms with Crippen molar-refractivity contribution in [2.24, 2.45) is 0 Å².